The fourth-order valence-corrected chi connectivity index (χ4v) is 1.44. The highest BCUT2D eigenvalue weighted by molar-refractivity contribution is 4.75. The Hall–Kier alpha value is 0.500. The maximum absolute atomic E-state index is 5.77. The Bertz CT molecular complexity index is 110. The highest BCUT2D eigenvalue weighted by Gasteiger charge is 2.17. The number of likely N-dealkylation sites (tertiary alicyclic amines) is 1. The van der Waals surface area contributed by atoms with Crippen LogP contribution in [0.5, 0.6) is 0 Å². The molecule has 0 saturated carbocycles. The predicted molar refractivity (Wildman–Crippen MR) is 46.1 cm³/mol. The summed E-state index contributed by atoms with van der Waals surface area (Å²) in [5.74, 6) is 0. The maximum Gasteiger partial charge on any atom is 1.00 e. The average Bonchev–Trinajstić information content (AvgIpc) is 1.88. The minimum Gasteiger partial charge on any atom is -1.00 e. The number of halogens is 2. The van der Waals surface area contributed by atoms with Gasteiger partial charge in [0.15, 0.2) is 0 Å². The highest BCUT2D eigenvalue weighted by Crippen LogP contribution is 2.10. The lowest BCUT2D eigenvalue weighted by molar-refractivity contribution is -0.00100. The molecule has 2 nitrogen and oxygen atoms in total. The van der Waals surface area contributed by atoms with Gasteiger partial charge in [-0.15, -0.1) is 0 Å². The van der Waals surface area contributed by atoms with Crippen molar-refractivity contribution in [2.45, 2.75) is 38.8 Å². The topological polar surface area (TPSA) is 29.3 Å². The van der Waals surface area contributed by atoms with Gasteiger partial charge in [0.05, 0.1) is 0 Å². The SMILES string of the molecule is CC(C)N1CCC(N)CC1.[Cl-].[Cl-].[H+].[H+]. The van der Waals surface area contributed by atoms with Crippen molar-refractivity contribution in [1.82, 2.24) is 4.90 Å². The van der Waals surface area contributed by atoms with Crippen molar-refractivity contribution in [3.8, 4) is 0 Å². The van der Waals surface area contributed by atoms with Gasteiger partial charge in [-0.2, -0.15) is 0 Å². The molecule has 0 unspecified atom stereocenters. The molecule has 1 fully saturated rings. The maximum atomic E-state index is 5.77. The summed E-state index contributed by atoms with van der Waals surface area (Å²) in [7, 11) is 0. The summed E-state index contributed by atoms with van der Waals surface area (Å²) in [5.41, 5.74) is 5.77. The molecular weight excluding hydrogens is 195 g/mol. The molecule has 0 spiro atoms. The first kappa shape index (κ1) is 15.0. The van der Waals surface area contributed by atoms with E-state index in [4.69, 9.17) is 5.73 Å². The minimum atomic E-state index is 0. The number of piperidine rings is 1. The third kappa shape index (κ3) is 4.51. The lowest BCUT2D eigenvalue weighted by Crippen LogP contribution is -3.00. The molecule has 1 aliphatic rings. The zero-order chi connectivity index (χ0) is 7.56. The second-order valence-electron chi connectivity index (χ2n) is 3.47. The van der Waals surface area contributed by atoms with Crippen molar-refractivity contribution in [3.63, 3.8) is 0 Å². The molecule has 1 rings (SSSR count). The van der Waals surface area contributed by atoms with Crippen LogP contribution in [-0.4, -0.2) is 30.1 Å². The quantitative estimate of drug-likeness (QED) is 0.475. The number of hydrogen-bond acceptors (Lipinski definition) is 2. The Kier molecular flexibility index (Phi) is 8.69. The second-order valence-corrected chi connectivity index (χ2v) is 3.47. The lowest BCUT2D eigenvalue weighted by Gasteiger charge is -2.32. The first-order chi connectivity index (χ1) is 4.70. The molecule has 76 valence electrons. The third-order valence-corrected chi connectivity index (χ3v) is 2.30. The fourth-order valence-electron chi connectivity index (χ4n) is 1.44. The summed E-state index contributed by atoms with van der Waals surface area (Å²) in [6, 6.07) is 1.17. The van der Waals surface area contributed by atoms with E-state index in [0.29, 0.717) is 12.1 Å². The van der Waals surface area contributed by atoms with Crippen molar-refractivity contribution >= 4 is 0 Å². The molecule has 4 heteroatoms. The summed E-state index contributed by atoms with van der Waals surface area (Å²) in [4.78, 5) is 2.49. The lowest BCUT2D eigenvalue weighted by atomic mass is 10.1. The van der Waals surface area contributed by atoms with Gasteiger partial charge in [-0.1, -0.05) is 0 Å². The summed E-state index contributed by atoms with van der Waals surface area (Å²) < 4.78 is 0. The van der Waals surface area contributed by atoms with Crippen LogP contribution in [0.25, 0.3) is 0 Å². The summed E-state index contributed by atoms with van der Waals surface area (Å²) in [6.07, 6.45) is 2.36. The molecule has 0 bridgehead atoms. The van der Waals surface area contributed by atoms with Crippen LogP contribution in [0, 0.1) is 0 Å². The number of hydrogen-bond donors (Lipinski definition) is 1. The van der Waals surface area contributed by atoms with E-state index in [-0.39, 0.29) is 27.7 Å². The average molecular weight is 215 g/mol. The molecule has 0 aromatic heterocycles. The van der Waals surface area contributed by atoms with E-state index < -0.39 is 0 Å². The molecular formula is C8H20Cl2N2. The van der Waals surface area contributed by atoms with E-state index in [1.54, 1.807) is 0 Å². The first-order valence-corrected chi connectivity index (χ1v) is 4.20. The van der Waals surface area contributed by atoms with Gasteiger partial charge in [-0.3, -0.25) is 0 Å². The minimum absolute atomic E-state index is 0. The van der Waals surface area contributed by atoms with Crippen molar-refractivity contribution in [3.05, 3.63) is 0 Å². The van der Waals surface area contributed by atoms with Crippen molar-refractivity contribution in [1.29, 1.82) is 0 Å². The molecule has 1 aliphatic heterocycles. The molecule has 0 atom stereocenters. The Balaban J connectivity index is -0.000000125. The van der Waals surface area contributed by atoms with Crippen molar-refractivity contribution in [2.75, 3.05) is 13.1 Å². The van der Waals surface area contributed by atoms with Crippen LogP contribution in [-0.2, 0) is 0 Å². The number of nitrogens with zero attached hydrogens (tertiary/aromatic N) is 1. The number of rotatable bonds is 1. The molecule has 2 N–H and O–H groups in total. The van der Waals surface area contributed by atoms with Crippen LogP contribution < -0.4 is 30.5 Å². The zero-order valence-electron chi connectivity index (χ0n) is 9.76. The standard InChI is InChI=1S/C8H18N2.2ClH/c1-7(2)10-5-3-8(9)4-6-10;;/h7-8H,3-6,9H2,1-2H3;2*1H. The highest BCUT2D eigenvalue weighted by atomic mass is 35.5. The van der Waals surface area contributed by atoms with E-state index in [0.717, 1.165) is 0 Å². The molecule has 0 amide bonds. The van der Waals surface area contributed by atoms with Gasteiger partial charge >= 0.3 is 2.85 Å². The smallest absolute Gasteiger partial charge is 1.00 e. The van der Waals surface area contributed by atoms with Crippen molar-refractivity contribution in [2.24, 2.45) is 5.73 Å². The van der Waals surface area contributed by atoms with Gasteiger partial charge in [0, 0.05) is 12.1 Å². The largest absolute Gasteiger partial charge is 1.00 e. The Morgan fingerprint density at radius 2 is 1.67 bits per heavy atom. The molecule has 0 aromatic rings. The van der Waals surface area contributed by atoms with E-state index in [1.165, 1.54) is 25.9 Å². The second kappa shape index (κ2) is 6.96. The molecule has 0 aromatic carbocycles. The van der Waals surface area contributed by atoms with Crippen molar-refractivity contribution < 1.29 is 27.7 Å². The molecule has 0 aliphatic carbocycles. The van der Waals surface area contributed by atoms with E-state index in [1.807, 2.05) is 0 Å². The van der Waals surface area contributed by atoms with Gasteiger partial charge in [0.1, 0.15) is 0 Å². The normalized spacial score (nSPS) is 20.0. The van der Waals surface area contributed by atoms with Gasteiger partial charge in [0.2, 0.25) is 0 Å². The van der Waals surface area contributed by atoms with Gasteiger partial charge in [-0.25, -0.2) is 0 Å². The summed E-state index contributed by atoms with van der Waals surface area (Å²) in [6.45, 7) is 6.88. The van der Waals surface area contributed by atoms with E-state index in [2.05, 4.69) is 18.7 Å². The van der Waals surface area contributed by atoms with Gasteiger partial charge in [-0.05, 0) is 39.8 Å². The molecule has 0 radical (unpaired) electrons. The predicted octanol–water partition coefficient (Wildman–Crippen LogP) is -4.95. The molecule has 1 heterocycles. The van der Waals surface area contributed by atoms with Gasteiger partial charge < -0.3 is 35.4 Å². The Labute approximate surface area is 90.7 Å². The molecule has 12 heavy (non-hydrogen) atoms. The van der Waals surface area contributed by atoms with Crippen LogP contribution in [0.4, 0.5) is 0 Å². The van der Waals surface area contributed by atoms with Crippen LogP contribution in [0.3, 0.4) is 0 Å². The fraction of sp³-hybridized carbons (Fsp3) is 1.00. The van der Waals surface area contributed by atoms with Gasteiger partial charge in [0.25, 0.3) is 0 Å². The molecule has 1 saturated heterocycles. The Morgan fingerprint density at radius 3 is 2.00 bits per heavy atom. The van der Waals surface area contributed by atoms with Crippen LogP contribution in [0.15, 0.2) is 0 Å². The van der Waals surface area contributed by atoms with E-state index in [9.17, 15) is 0 Å². The zero-order valence-corrected chi connectivity index (χ0v) is 9.28. The van der Waals surface area contributed by atoms with Crippen LogP contribution >= 0.6 is 0 Å². The summed E-state index contributed by atoms with van der Waals surface area (Å²) in [5, 5.41) is 0. The van der Waals surface area contributed by atoms with Crippen LogP contribution in [0.1, 0.15) is 29.5 Å². The first-order valence-electron chi connectivity index (χ1n) is 4.20. The van der Waals surface area contributed by atoms with Crippen LogP contribution in [0.2, 0.25) is 0 Å². The number of nitrogens with two attached hydrogens (primary N) is 1. The third-order valence-electron chi connectivity index (χ3n) is 2.30. The Morgan fingerprint density at radius 1 is 1.25 bits per heavy atom. The van der Waals surface area contributed by atoms with E-state index >= 15 is 0 Å². The summed E-state index contributed by atoms with van der Waals surface area (Å²) >= 11 is 0. The monoisotopic (exact) mass is 214 g/mol.